The van der Waals surface area contributed by atoms with E-state index < -0.39 is 17.4 Å². The van der Waals surface area contributed by atoms with Gasteiger partial charge in [0.05, 0.1) is 0 Å². The van der Waals surface area contributed by atoms with Gasteiger partial charge in [-0.2, -0.15) is 0 Å². The van der Waals surface area contributed by atoms with E-state index in [-0.39, 0.29) is 5.92 Å². The van der Waals surface area contributed by atoms with Crippen LogP contribution >= 0.6 is 0 Å². The van der Waals surface area contributed by atoms with Crippen molar-refractivity contribution in [3.8, 4) is 0 Å². The molecular weight excluding hydrogens is 322 g/mol. The summed E-state index contributed by atoms with van der Waals surface area (Å²) in [5, 5.41) is 0. The van der Waals surface area contributed by atoms with Gasteiger partial charge in [-0.05, 0) is 44.9 Å². The Hall–Kier alpha value is -1.00. The molecule has 0 saturated heterocycles. The van der Waals surface area contributed by atoms with Crippen LogP contribution < -0.4 is 0 Å². The number of halogens is 2. The predicted molar refractivity (Wildman–Crippen MR) is 98.7 cm³/mol. The molecule has 1 aromatic carbocycles. The molecule has 0 aliphatic rings. The molecule has 2 nitrogen and oxygen atoms in total. The van der Waals surface area contributed by atoms with E-state index >= 15 is 0 Å². The van der Waals surface area contributed by atoms with Crippen molar-refractivity contribution in [2.45, 2.75) is 84.3 Å². The van der Waals surface area contributed by atoms with E-state index in [1.165, 1.54) is 37.8 Å². The molecule has 0 fully saturated rings. The topological polar surface area (TPSA) is 18.5 Å². The van der Waals surface area contributed by atoms with Gasteiger partial charge >= 0.3 is 0 Å². The number of ether oxygens (including phenoxy) is 2. The minimum absolute atomic E-state index is 0.131. The maximum Gasteiger partial charge on any atom is 0.172 e. The second-order valence-corrected chi connectivity index (χ2v) is 6.66. The normalized spacial score (nSPS) is 13.2. The fourth-order valence-electron chi connectivity index (χ4n) is 3.41. The van der Waals surface area contributed by atoms with Crippen molar-refractivity contribution in [2.75, 3.05) is 13.2 Å². The average molecular weight is 356 g/mol. The van der Waals surface area contributed by atoms with Gasteiger partial charge in [0.25, 0.3) is 0 Å². The van der Waals surface area contributed by atoms with Crippen LogP contribution in [0.3, 0.4) is 0 Å². The Kier molecular flexibility index (Phi) is 10.2. The molecule has 1 aromatic rings. The molecule has 144 valence electrons. The van der Waals surface area contributed by atoms with Crippen molar-refractivity contribution in [2.24, 2.45) is 0 Å². The van der Waals surface area contributed by atoms with Crippen LogP contribution in [-0.2, 0) is 9.47 Å². The van der Waals surface area contributed by atoms with Crippen molar-refractivity contribution in [1.82, 2.24) is 0 Å². The highest BCUT2D eigenvalue weighted by molar-refractivity contribution is 5.24. The first kappa shape index (κ1) is 22.0. The molecule has 1 unspecified atom stereocenters. The lowest BCUT2D eigenvalue weighted by molar-refractivity contribution is -0.236. The second-order valence-electron chi connectivity index (χ2n) is 6.66. The van der Waals surface area contributed by atoms with Gasteiger partial charge in [-0.1, -0.05) is 51.5 Å². The molecule has 0 aliphatic carbocycles. The number of hydrogen-bond donors (Lipinski definition) is 0. The highest BCUT2D eigenvalue weighted by Crippen LogP contribution is 2.37. The van der Waals surface area contributed by atoms with Crippen LogP contribution in [0.15, 0.2) is 18.2 Å². The third-order valence-corrected chi connectivity index (χ3v) is 4.69. The number of hydrogen-bond acceptors (Lipinski definition) is 2. The zero-order valence-corrected chi connectivity index (χ0v) is 16.2. The fraction of sp³-hybridized carbons (Fsp3) is 0.714. The summed E-state index contributed by atoms with van der Waals surface area (Å²) in [6.07, 6.45) is 7.93. The second kappa shape index (κ2) is 11.6. The molecule has 0 N–H and O–H groups in total. The summed E-state index contributed by atoms with van der Waals surface area (Å²) in [4.78, 5) is 0. The summed E-state index contributed by atoms with van der Waals surface area (Å²) in [5.74, 6) is -2.61. The van der Waals surface area contributed by atoms with Crippen molar-refractivity contribution in [3.05, 3.63) is 35.4 Å². The summed E-state index contributed by atoms with van der Waals surface area (Å²) in [6, 6.07) is 4.13. The molecule has 1 rings (SSSR count). The van der Waals surface area contributed by atoms with Crippen LogP contribution in [-0.4, -0.2) is 19.0 Å². The Bertz CT molecular complexity index is 485. The number of rotatable bonds is 13. The lowest BCUT2D eigenvalue weighted by Crippen LogP contribution is -2.39. The molecule has 0 saturated carbocycles. The highest BCUT2D eigenvalue weighted by atomic mass is 19.2. The zero-order valence-electron chi connectivity index (χ0n) is 16.2. The van der Waals surface area contributed by atoms with Crippen molar-refractivity contribution >= 4 is 0 Å². The monoisotopic (exact) mass is 356 g/mol. The third-order valence-electron chi connectivity index (χ3n) is 4.69. The zero-order chi connectivity index (χ0) is 18.7. The van der Waals surface area contributed by atoms with E-state index in [4.69, 9.17) is 9.47 Å². The van der Waals surface area contributed by atoms with Gasteiger partial charge in [-0.3, -0.25) is 0 Å². The summed E-state index contributed by atoms with van der Waals surface area (Å²) in [7, 11) is 0. The lowest BCUT2D eigenvalue weighted by Gasteiger charge is -2.37. The Labute approximate surface area is 151 Å². The van der Waals surface area contributed by atoms with E-state index in [1.54, 1.807) is 6.07 Å². The first-order valence-corrected chi connectivity index (χ1v) is 9.71. The van der Waals surface area contributed by atoms with Crippen LogP contribution in [0.25, 0.3) is 0 Å². The van der Waals surface area contributed by atoms with E-state index in [2.05, 4.69) is 6.92 Å². The van der Waals surface area contributed by atoms with E-state index in [0.717, 1.165) is 24.8 Å². The minimum atomic E-state index is -0.836. The van der Waals surface area contributed by atoms with E-state index in [9.17, 15) is 8.78 Å². The van der Waals surface area contributed by atoms with Crippen molar-refractivity contribution in [1.29, 1.82) is 0 Å². The number of unbranched alkanes of at least 4 members (excludes halogenated alkanes) is 5. The number of benzene rings is 1. The molecule has 0 spiro atoms. The van der Waals surface area contributed by atoms with E-state index in [0.29, 0.717) is 13.2 Å². The van der Waals surface area contributed by atoms with Gasteiger partial charge in [0.1, 0.15) is 0 Å². The van der Waals surface area contributed by atoms with E-state index in [1.807, 2.05) is 20.8 Å². The van der Waals surface area contributed by atoms with Gasteiger partial charge in [0.2, 0.25) is 0 Å². The first-order valence-electron chi connectivity index (χ1n) is 9.71. The summed E-state index contributed by atoms with van der Waals surface area (Å²) in [6.45, 7) is 8.97. The van der Waals surface area contributed by atoms with Crippen LogP contribution in [0.1, 0.15) is 84.1 Å². The molecule has 1 atom stereocenters. The van der Waals surface area contributed by atoms with Crippen LogP contribution in [0, 0.1) is 11.6 Å². The van der Waals surface area contributed by atoms with Gasteiger partial charge in [0, 0.05) is 19.1 Å². The maximum absolute atomic E-state index is 13.8. The van der Waals surface area contributed by atoms with Gasteiger partial charge < -0.3 is 9.47 Å². The standard InChI is InChI=1S/C21H34F2O2/c1-5-8-9-10-11-12-13-18(21(4,24-6-2)25-7-3)17-14-15-19(22)20(23)16-17/h14-16,18H,5-13H2,1-4H3. The largest absolute Gasteiger partial charge is 0.350 e. The smallest absolute Gasteiger partial charge is 0.172 e. The third kappa shape index (κ3) is 7.02. The lowest BCUT2D eigenvalue weighted by atomic mass is 9.86. The molecule has 0 aliphatic heterocycles. The van der Waals surface area contributed by atoms with Gasteiger partial charge in [-0.25, -0.2) is 8.78 Å². The summed E-state index contributed by atoms with van der Waals surface area (Å²) >= 11 is 0. The molecule has 0 radical (unpaired) electrons. The Morgan fingerprint density at radius 2 is 1.48 bits per heavy atom. The minimum Gasteiger partial charge on any atom is -0.350 e. The summed E-state index contributed by atoms with van der Waals surface area (Å²) in [5.41, 5.74) is 0.733. The average Bonchev–Trinajstić information content (AvgIpc) is 2.57. The molecule has 0 bridgehead atoms. The van der Waals surface area contributed by atoms with Crippen LogP contribution in [0.2, 0.25) is 0 Å². The Morgan fingerprint density at radius 1 is 0.880 bits per heavy atom. The molecular formula is C21H34F2O2. The molecule has 0 aromatic heterocycles. The van der Waals surface area contributed by atoms with Gasteiger partial charge in [-0.15, -0.1) is 0 Å². The predicted octanol–water partition coefficient (Wildman–Crippen LogP) is 6.59. The molecule has 25 heavy (non-hydrogen) atoms. The van der Waals surface area contributed by atoms with Crippen LogP contribution in [0.4, 0.5) is 8.78 Å². The van der Waals surface area contributed by atoms with Crippen LogP contribution in [0.5, 0.6) is 0 Å². The SMILES string of the molecule is CCCCCCCCC(c1ccc(F)c(F)c1)C(C)(OCC)OCC. The van der Waals surface area contributed by atoms with Gasteiger partial charge in [0.15, 0.2) is 17.4 Å². The quantitative estimate of drug-likeness (QED) is 0.293. The first-order chi connectivity index (χ1) is 12.0. The Balaban J connectivity index is 2.90. The Morgan fingerprint density at radius 3 is 2.04 bits per heavy atom. The summed E-state index contributed by atoms with van der Waals surface area (Å²) < 4.78 is 38.9. The maximum atomic E-state index is 13.8. The molecule has 4 heteroatoms. The van der Waals surface area contributed by atoms with Crippen molar-refractivity contribution < 1.29 is 18.3 Å². The fourth-order valence-corrected chi connectivity index (χ4v) is 3.41. The molecule has 0 amide bonds. The van der Waals surface area contributed by atoms with Crippen molar-refractivity contribution in [3.63, 3.8) is 0 Å². The molecule has 0 heterocycles. The highest BCUT2D eigenvalue weighted by Gasteiger charge is 2.36.